The van der Waals surface area contributed by atoms with Crippen LogP contribution in [0.5, 0.6) is 0 Å². The second-order valence-electron chi connectivity index (χ2n) is 2.52. The van der Waals surface area contributed by atoms with Gasteiger partial charge < -0.3 is 6.15 Å². The SMILES string of the molecule is N.O=S(=O)(O)CCc1ccccc1. The van der Waals surface area contributed by atoms with Gasteiger partial charge in [-0.05, 0) is 12.0 Å². The number of hydrogen-bond donors (Lipinski definition) is 2. The molecular weight excluding hydrogens is 190 g/mol. The summed E-state index contributed by atoms with van der Waals surface area (Å²) in [6, 6.07) is 9.17. The molecule has 0 radical (unpaired) electrons. The van der Waals surface area contributed by atoms with Gasteiger partial charge in [0, 0.05) is 0 Å². The van der Waals surface area contributed by atoms with Crippen molar-refractivity contribution in [2.24, 2.45) is 0 Å². The Morgan fingerprint density at radius 1 is 1.15 bits per heavy atom. The molecule has 0 aromatic heterocycles. The van der Waals surface area contributed by atoms with Crippen LogP contribution in [0.15, 0.2) is 30.3 Å². The van der Waals surface area contributed by atoms with Crippen molar-refractivity contribution in [3.63, 3.8) is 0 Å². The van der Waals surface area contributed by atoms with Gasteiger partial charge in [0.25, 0.3) is 10.1 Å². The van der Waals surface area contributed by atoms with Gasteiger partial charge in [0.05, 0.1) is 5.75 Å². The second-order valence-corrected chi connectivity index (χ2v) is 4.09. The summed E-state index contributed by atoms with van der Waals surface area (Å²) in [6.45, 7) is 0. The Balaban J connectivity index is 0.00000144. The summed E-state index contributed by atoms with van der Waals surface area (Å²) >= 11 is 0. The van der Waals surface area contributed by atoms with Crippen LogP contribution in [-0.2, 0) is 16.5 Å². The first-order valence-corrected chi connectivity index (χ1v) is 5.18. The Morgan fingerprint density at radius 2 is 1.69 bits per heavy atom. The molecule has 1 rings (SSSR count). The Labute approximate surface area is 77.9 Å². The van der Waals surface area contributed by atoms with Crippen molar-refractivity contribution >= 4 is 10.1 Å². The van der Waals surface area contributed by atoms with Crippen LogP contribution in [0.25, 0.3) is 0 Å². The predicted molar refractivity (Wildman–Crippen MR) is 51.6 cm³/mol. The molecule has 0 heterocycles. The fourth-order valence-electron chi connectivity index (χ4n) is 0.892. The van der Waals surface area contributed by atoms with Crippen molar-refractivity contribution in [1.29, 1.82) is 0 Å². The molecule has 1 aromatic carbocycles. The van der Waals surface area contributed by atoms with Crippen molar-refractivity contribution in [1.82, 2.24) is 6.15 Å². The highest BCUT2D eigenvalue weighted by Gasteiger charge is 2.03. The summed E-state index contributed by atoms with van der Waals surface area (Å²) in [5.74, 6) is -0.211. The van der Waals surface area contributed by atoms with Gasteiger partial charge in [-0.2, -0.15) is 8.42 Å². The van der Waals surface area contributed by atoms with E-state index in [9.17, 15) is 8.42 Å². The van der Waals surface area contributed by atoms with Crippen molar-refractivity contribution in [3.05, 3.63) is 35.9 Å². The molecule has 0 aliphatic heterocycles. The molecule has 0 aliphatic carbocycles. The second kappa shape index (κ2) is 4.96. The summed E-state index contributed by atoms with van der Waals surface area (Å²) in [6.07, 6.45) is 0.361. The first kappa shape index (κ1) is 12.1. The van der Waals surface area contributed by atoms with Gasteiger partial charge in [0.1, 0.15) is 0 Å². The highest BCUT2D eigenvalue weighted by molar-refractivity contribution is 7.85. The Hall–Kier alpha value is -0.910. The molecule has 0 amide bonds. The van der Waals surface area contributed by atoms with Gasteiger partial charge in [-0.15, -0.1) is 0 Å². The predicted octanol–water partition coefficient (Wildman–Crippen LogP) is 1.28. The molecule has 0 bridgehead atoms. The van der Waals surface area contributed by atoms with Crippen LogP contribution in [0.1, 0.15) is 5.56 Å². The largest absolute Gasteiger partial charge is 0.344 e. The molecule has 0 atom stereocenters. The third-order valence-corrected chi connectivity index (χ3v) is 2.21. The maximum Gasteiger partial charge on any atom is 0.265 e. The van der Waals surface area contributed by atoms with Crippen LogP contribution in [0.2, 0.25) is 0 Å². The highest BCUT2D eigenvalue weighted by atomic mass is 32.2. The molecule has 0 unspecified atom stereocenters. The molecule has 4 N–H and O–H groups in total. The smallest absolute Gasteiger partial charge is 0.265 e. The monoisotopic (exact) mass is 203 g/mol. The highest BCUT2D eigenvalue weighted by Crippen LogP contribution is 2.00. The number of hydrogen-bond acceptors (Lipinski definition) is 3. The van der Waals surface area contributed by atoms with Crippen LogP contribution in [-0.4, -0.2) is 18.7 Å². The van der Waals surface area contributed by atoms with E-state index in [1.54, 1.807) is 0 Å². The van der Waals surface area contributed by atoms with E-state index in [0.717, 1.165) is 5.56 Å². The van der Waals surface area contributed by atoms with Gasteiger partial charge in [0.15, 0.2) is 0 Å². The van der Waals surface area contributed by atoms with E-state index >= 15 is 0 Å². The number of rotatable bonds is 3. The molecule has 0 saturated carbocycles. The molecule has 0 spiro atoms. The Bertz CT molecular complexity index is 334. The van der Waals surface area contributed by atoms with Crippen molar-refractivity contribution < 1.29 is 13.0 Å². The van der Waals surface area contributed by atoms with Gasteiger partial charge in [0.2, 0.25) is 0 Å². The van der Waals surface area contributed by atoms with E-state index in [-0.39, 0.29) is 11.9 Å². The molecular formula is C8H13NO3S. The normalized spacial score (nSPS) is 10.5. The van der Waals surface area contributed by atoms with E-state index in [0.29, 0.717) is 6.42 Å². The van der Waals surface area contributed by atoms with Gasteiger partial charge in [-0.25, -0.2) is 0 Å². The zero-order chi connectivity index (χ0) is 9.03. The number of benzene rings is 1. The molecule has 13 heavy (non-hydrogen) atoms. The summed E-state index contributed by atoms with van der Waals surface area (Å²) in [4.78, 5) is 0. The van der Waals surface area contributed by atoms with Gasteiger partial charge >= 0.3 is 0 Å². The van der Waals surface area contributed by atoms with E-state index in [1.165, 1.54) is 0 Å². The van der Waals surface area contributed by atoms with E-state index in [1.807, 2.05) is 30.3 Å². The van der Waals surface area contributed by atoms with Crippen molar-refractivity contribution in [3.8, 4) is 0 Å². The van der Waals surface area contributed by atoms with Crippen LogP contribution in [0.3, 0.4) is 0 Å². The van der Waals surface area contributed by atoms with E-state index < -0.39 is 10.1 Å². The van der Waals surface area contributed by atoms with E-state index in [4.69, 9.17) is 4.55 Å². The third kappa shape index (κ3) is 5.35. The summed E-state index contributed by atoms with van der Waals surface area (Å²) in [7, 11) is -3.82. The minimum atomic E-state index is -3.82. The van der Waals surface area contributed by atoms with Crippen LogP contribution < -0.4 is 6.15 Å². The van der Waals surface area contributed by atoms with Crippen LogP contribution in [0.4, 0.5) is 0 Å². The molecule has 5 heteroatoms. The lowest BCUT2D eigenvalue weighted by molar-refractivity contribution is 0.482. The lowest BCUT2D eigenvalue weighted by atomic mass is 10.2. The number of aryl methyl sites for hydroxylation is 1. The lowest BCUT2D eigenvalue weighted by Crippen LogP contribution is -2.06. The van der Waals surface area contributed by atoms with Crippen LogP contribution >= 0.6 is 0 Å². The Kier molecular flexibility index (Phi) is 4.61. The summed E-state index contributed by atoms with van der Waals surface area (Å²) in [5, 5.41) is 0. The quantitative estimate of drug-likeness (QED) is 0.724. The first-order valence-electron chi connectivity index (χ1n) is 3.57. The molecule has 74 valence electrons. The topological polar surface area (TPSA) is 89.4 Å². The Morgan fingerprint density at radius 3 is 2.15 bits per heavy atom. The molecule has 4 nitrogen and oxygen atoms in total. The van der Waals surface area contributed by atoms with Gasteiger partial charge in [-0.3, -0.25) is 4.55 Å². The fourth-order valence-corrected chi connectivity index (χ4v) is 1.39. The average molecular weight is 203 g/mol. The zero-order valence-electron chi connectivity index (χ0n) is 7.18. The zero-order valence-corrected chi connectivity index (χ0v) is 8.00. The first-order chi connectivity index (χ1) is 5.58. The van der Waals surface area contributed by atoms with E-state index in [2.05, 4.69) is 0 Å². The minimum Gasteiger partial charge on any atom is -0.344 e. The van der Waals surface area contributed by atoms with Crippen LogP contribution in [0, 0.1) is 0 Å². The molecule has 0 fully saturated rings. The molecule has 0 saturated heterocycles. The fraction of sp³-hybridized carbons (Fsp3) is 0.250. The van der Waals surface area contributed by atoms with Gasteiger partial charge in [-0.1, -0.05) is 30.3 Å². The summed E-state index contributed by atoms with van der Waals surface area (Å²) in [5.41, 5.74) is 0.912. The summed E-state index contributed by atoms with van der Waals surface area (Å²) < 4.78 is 29.2. The minimum absolute atomic E-state index is 0. The standard InChI is InChI=1S/C8H10O3S.H3N/c9-12(10,11)7-6-8-4-2-1-3-5-8;/h1-5H,6-7H2,(H,9,10,11);1H3. The maximum absolute atomic E-state index is 10.4. The average Bonchev–Trinajstić information content (AvgIpc) is 2.02. The molecule has 1 aromatic rings. The third-order valence-electron chi connectivity index (χ3n) is 1.49. The maximum atomic E-state index is 10.4. The molecule has 0 aliphatic rings. The van der Waals surface area contributed by atoms with Crippen molar-refractivity contribution in [2.45, 2.75) is 6.42 Å². The van der Waals surface area contributed by atoms with Crippen molar-refractivity contribution in [2.75, 3.05) is 5.75 Å². The lowest BCUT2D eigenvalue weighted by Gasteiger charge is -1.97.